The fraction of sp³-hybridized carbons (Fsp3) is 0.462. The van der Waals surface area contributed by atoms with Crippen LogP contribution in [0.3, 0.4) is 0 Å². The Hall–Kier alpha value is -1.52. The van der Waals surface area contributed by atoms with E-state index in [2.05, 4.69) is 0 Å². The summed E-state index contributed by atoms with van der Waals surface area (Å²) in [4.78, 5) is 12.3. The molecule has 1 heterocycles. The number of aryl methyl sites for hydroxylation is 1. The van der Waals surface area contributed by atoms with E-state index < -0.39 is 18.1 Å². The Bertz CT molecular complexity index is 456. The van der Waals surface area contributed by atoms with Gasteiger partial charge in [0.05, 0.1) is 6.04 Å². The molecule has 0 radical (unpaired) electrons. The van der Waals surface area contributed by atoms with E-state index in [1.54, 1.807) is 12.1 Å². The van der Waals surface area contributed by atoms with Gasteiger partial charge in [0.15, 0.2) is 0 Å². The van der Waals surface area contributed by atoms with Gasteiger partial charge in [0.2, 0.25) is 0 Å². The second-order valence-electron chi connectivity index (χ2n) is 4.51. The highest BCUT2D eigenvalue weighted by molar-refractivity contribution is 5.82. The largest absolute Gasteiger partial charge is 0.471 e. The SMILES string of the molecule is Cc1ccccc1C1CCCN1C(=O)C(F)(F)F. The van der Waals surface area contributed by atoms with Crippen LogP contribution in [0.2, 0.25) is 0 Å². The van der Waals surface area contributed by atoms with Gasteiger partial charge >= 0.3 is 12.1 Å². The summed E-state index contributed by atoms with van der Waals surface area (Å²) in [5, 5.41) is 0. The zero-order valence-corrected chi connectivity index (χ0v) is 10.00. The minimum Gasteiger partial charge on any atom is -0.328 e. The van der Waals surface area contributed by atoms with Gasteiger partial charge in [-0.05, 0) is 30.9 Å². The maximum absolute atomic E-state index is 12.5. The molecule has 1 fully saturated rings. The Kier molecular flexibility index (Phi) is 3.32. The second kappa shape index (κ2) is 4.63. The first-order chi connectivity index (χ1) is 8.41. The molecule has 1 aromatic rings. The Morgan fingerprint density at radius 1 is 1.33 bits per heavy atom. The standard InChI is InChI=1S/C13H14F3NO/c1-9-5-2-3-6-10(9)11-7-4-8-17(11)12(18)13(14,15)16/h2-3,5-6,11H,4,7-8H2,1H3. The number of benzene rings is 1. The van der Waals surface area contributed by atoms with Crippen molar-refractivity contribution in [3.8, 4) is 0 Å². The Labute approximate surface area is 103 Å². The number of rotatable bonds is 1. The third-order valence-electron chi connectivity index (χ3n) is 3.30. The monoisotopic (exact) mass is 257 g/mol. The van der Waals surface area contributed by atoms with Crippen LogP contribution in [0, 0.1) is 6.92 Å². The van der Waals surface area contributed by atoms with Crippen molar-refractivity contribution < 1.29 is 18.0 Å². The predicted octanol–water partition coefficient (Wildman–Crippen LogP) is 3.22. The summed E-state index contributed by atoms with van der Waals surface area (Å²) >= 11 is 0. The van der Waals surface area contributed by atoms with E-state index in [-0.39, 0.29) is 6.54 Å². The number of hydrogen-bond acceptors (Lipinski definition) is 1. The zero-order valence-electron chi connectivity index (χ0n) is 10.00. The van der Waals surface area contributed by atoms with Crippen LogP contribution in [-0.2, 0) is 4.79 Å². The van der Waals surface area contributed by atoms with Crippen molar-refractivity contribution in [1.82, 2.24) is 4.90 Å². The van der Waals surface area contributed by atoms with E-state index in [9.17, 15) is 18.0 Å². The van der Waals surface area contributed by atoms with Crippen molar-refractivity contribution >= 4 is 5.91 Å². The molecule has 1 aromatic carbocycles. The van der Waals surface area contributed by atoms with Gasteiger partial charge in [-0.3, -0.25) is 4.79 Å². The van der Waals surface area contributed by atoms with E-state index in [1.807, 2.05) is 19.1 Å². The molecule has 0 N–H and O–H groups in total. The van der Waals surface area contributed by atoms with E-state index >= 15 is 0 Å². The van der Waals surface area contributed by atoms with Gasteiger partial charge in [-0.15, -0.1) is 0 Å². The van der Waals surface area contributed by atoms with E-state index in [0.29, 0.717) is 12.8 Å². The molecule has 2 nitrogen and oxygen atoms in total. The van der Waals surface area contributed by atoms with Gasteiger partial charge in [0.1, 0.15) is 0 Å². The quantitative estimate of drug-likeness (QED) is 0.756. The molecule has 0 saturated carbocycles. The van der Waals surface area contributed by atoms with Crippen molar-refractivity contribution in [1.29, 1.82) is 0 Å². The number of amides is 1. The van der Waals surface area contributed by atoms with E-state index in [0.717, 1.165) is 16.0 Å². The first kappa shape index (κ1) is 12.9. The Morgan fingerprint density at radius 3 is 2.61 bits per heavy atom. The first-order valence-corrected chi connectivity index (χ1v) is 5.84. The molecule has 2 rings (SSSR count). The van der Waals surface area contributed by atoms with Crippen molar-refractivity contribution in [3.63, 3.8) is 0 Å². The molecule has 18 heavy (non-hydrogen) atoms. The number of carbonyl (C=O) groups is 1. The van der Waals surface area contributed by atoms with Crippen molar-refractivity contribution in [2.45, 2.75) is 32.0 Å². The van der Waals surface area contributed by atoms with E-state index in [4.69, 9.17) is 0 Å². The summed E-state index contributed by atoms with van der Waals surface area (Å²) in [7, 11) is 0. The molecule has 1 saturated heterocycles. The smallest absolute Gasteiger partial charge is 0.328 e. The molecule has 0 aromatic heterocycles. The van der Waals surface area contributed by atoms with Gasteiger partial charge in [-0.25, -0.2) is 0 Å². The second-order valence-corrected chi connectivity index (χ2v) is 4.51. The van der Waals surface area contributed by atoms with Crippen LogP contribution in [0.5, 0.6) is 0 Å². The molecule has 0 spiro atoms. The highest BCUT2D eigenvalue weighted by Gasteiger charge is 2.46. The van der Waals surface area contributed by atoms with Crippen LogP contribution in [0.15, 0.2) is 24.3 Å². The number of hydrogen-bond donors (Lipinski definition) is 0. The topological polar surface area (TPSA) is 20.3 Å². The number of halogens is 3. The lowest BCUT2D eigenvalue weighted by atomic mass is 9.99. The summed E-state index contributed by atoms with van der Waals surface area (Å²) in [5.74, 6) is -1.73. The van der Waals surface area contributed by atoms with Gasteiger partial charge in [-0.1, -0.05) is 24.3 Å². The highest BCUT2D eigenvalue weighted by Crippen LogP contribution is 2.36. The van der Waals surface area contributed by atoms with E-state index in [1.165, 1.54) is 0 Å². The fourth-order valence-corrected chi connectivity index (χ4v) is 2.46. The van der Waals surface area contributed by atoms with Crippen molar-refractivity contribution in [2.24, 2.45) is 0 Å². The maximum atomic E-state index is 12.5. The lowest BCUT2D eigenvalue weighted by Gasteiger charge is -2.26. The molecular weight excluding hydrogens is 243 g/mol. The minimum absolute atomic E-state index is 0.178. The molecule has 98 valence electrons. The molecule has 1 unspecified atom stereocenters. The summed E-state index contributed by atoms with van der Waals surface area (Å²) in [6.07, 6.45) is -3.58. The first-order valence-electron chi connectivity index (χ1n) is 5.84. The van der Waals surface area contributed by atoms with Crippen LogP contribution in [-0.4, -0.2) is 23.5 Å². The van der Waals surface area contributed by atoms with Crippen LogP contribution < -0.4 is 0 Å². The lowest BCUT2D eigenvalue weighted by Crippen LogP contribution is -2.40. The van der Waals surface area contributed by atoms with Gasteiger partial charge < -0.3 is 4.90 Å². The fourth-order valence-electron chi connectivity index (χ4n) is 2.46. The Morgan fingerprint density at radius 2 is 2.00 bits per heavy atom. The molecule has 0 bridgehead atoms. The summed E-state index contributed by atoms with van der Waals surface area (Å²) in [6, 6.07) is 6.83. The maximum Gasteiger partial charge on any atom is 0.471 e. The minimum atomic E-state index is -4.79. The highest BCUT2D eigenvalue weighted by atomic mass is 19.4. The number of nitrogens with zero attached hydrogens (tertiary/aromatic N) is 1. The number of likely N-dealkylation sites (tertiary alicyclic amines) is 1. The van der Waals surface area contributed by atoms with Crippen molar-refractivity contribution in [2.75, 3.05) is 6.54 Å². The van der Waals surface area contributed by atoms with Gasteiger partial charge in [0.25, 0.3) is 0 Å². The third kappa shape index (κ3) is 2.35. The average molecular weight is 257 g/mol. The molecule has 1 atom stereocenters. The molecule has 0 aliphatic carbocycles. The van der Waals surface area contributed by atoms with Crippen molar-refractivity contribution in [3.05, 3.63) is 35.4 Å². The van der Waals surface area contributed by atoms with Crippen LogP contribution >= 0.6 is 0 Å². The summed E-state index contributed by atoms with van der Waals surface area (Å²) in [5.41, 5.74) is 1.73. The van der Waals surface area contributed by atoms with Crippen LogP contribution in [0.1, 0.15) is 30.0 Å². The number of alkyl halides is 3. The normalized spacial score (nSPS) is 20.2. The zero-order chi connectivity index (χ0) is 13.3. The molecule has 1 amide bonds. The predicted molar refractivity (Wildman–Crippen MR) is 60.9 cm³/mol. The number of carbonyl (C=O) groups excluding carboxylic acids is 1. The molecule has 1 aliphatic rings. The van der Waals surface area contributed by atoms with Crippen LogP contribution in [0.4, 0.5) is 13.2 Å². The van der Waals surface area contributed by atoms with Crippen LogP contribution in [0.25, 0.3) is 0 Å². The summed E-state index contributed by atoms with van der Waals surface area (Å²) < 4.78 is 37.5. The Balaban J connectivity index is 2.29. The lowest BCUT2D eigenvalue weighted by molar-refractivity contribution is -0.186. The summed E-state index contributed by atoms with van der Waals surface area (Å²) in [6.45, 7) is 2.03. The van der Waals surface area contributed by atoms with Gasteiger partial charge in [0, 0.05) is 6.54 Å². The third-order valence-corrected chi connectivity index (χ3v) is 3.30. The molecule has 1 aliphatic heterocycles. The average Bonchev–Trinajstić information content (AvgIpc) is 2.76. The molecular formula is C13H14F3NO. The molecule has 5 heteroatoms. The van der Waals surface area contributed by atoms with Gasteiger partial charge in [-0.2, -0.15) is 13.2 Å².